The summed E-state index contributed by atoms with van der Waals surface area (Å²) in [6.45, 7) is 0. The van der Waals surface area contributed by atoms with Gasteiger partial charge in [0.1, 0.15) is 0 Å². The Balaban J connectivity index is 1.99. The standard InChI is InChI=1S/C14H9ClN2OS/c15-11-7-5-10(6-8-11)9-16-17-14(18)12-3-1-2-4-13(12)19-17/h1-9H/b16-9+. The van der Waals surface area contributed by atoms with E-state index in [0.717, 1.165) is 10.3 Å². The van der Waals surface area contributed by atoms with Gasteiger partial charge in [-0.2, -0.15) is 5.10 Å². The first-order chi connectivity index (χ1) is 9.24. The van der Waals surface area contributed by atoms with Crippen LogP contribution in [0.2, 0.25) is 5.02 Å². The lowest BCUT2D eigenvalue weighted by Crippen LogP contribution is -2.08. The highest BCUT2D eigenvalue weighted by Crippen LogP contribution is 2.15. The molecule has 0 saturated carbocycles. The Morgan fingerprint density at radius 2 is 1.84 bits per heavy atom. The Hall–Kier alpha value is -1.91. The summed E-state index contributed by atoms with van der Waals surface area (Å²) >= 11 is 7.14. The van der Waals surface area contributed by atoms with E-state index in [2.05, 4.69) is 5.10 Å². The van der Waals surface area contributed by atoms with Gasteiger partial charge in [-0.15, -0.1) is 4.07 Å². The Bertz CT molecular complexity index is 802. The molecule has 94 valence electrons. The minimum Gasteiger partial charge on any atom is -0.266 e. The van der Waals surface area contributed by atoms with Crippen molar-refractivity contribution in [2.75, 3.05) is 0 Å². The van der Waals surface area contributed by atoms with Gasteiger partial charge in [-0.3, -0.25) is 4.79 Å². The highest BCUT2D eigenvalue weighted by Gasteiger charge is 2.04. The summed E-state index contributed by atoms with van der Waals surface area (Å²) in [6, 6.07) is 14.8. The minimum atomic E-state index is -0.0918. The highest BCUT2D eigenvalue weighted by molar-refractivity contribution is 7.13. The number of rotatable bonds is 2. The monoisotopic (exact) mass is 288 g/mol. The van der Waals surface area contributed by atoms with Crippen LogP contribution >= 0.6 is 23.1 Å². The summed E-state index contributed by atoms with van der Waals surface area (Å²) in [4.78, 5) is 12.0. The van der Waals surface area contributed by atoms with Crippen LogP contribution < -0.4 is 5.56 Å². The van der Waals surface area contributed by atoms with Crippen LogP contribution in [0.25, 0.3) is 10.1 Å². The van der Waals surface area contributed by atoms with Gasteiger partial charge in [-0.05, 0) is 41.4 Å². The molecular weight excluding hydrogens is 280 g/mol. The van der Waals surface area contributed by atoms with Gasteiger partial charge in [-0.25, -0.2) is 0 Å². The summed E-state index contributed by atoms with van der Waals surface area (Å²) in [5.74, 6) is 0. The predicted octanol–water partition coefficient (Wildman–Crippen LogP) is 3.60. The SMILES string of the molecule is O=c1c2ccccc2sn1/N=C/c1ccc(Cl)cc1. The van der Waals surface area contributed by atoms with Crippen LogP contribution in [0.4, 0.5) is 0 Å². The molecule has 5 heteroatoms. The normalized spacial score (nSPS) is 11.4. The van der Waals surface area contributed by atoms with Crippen LogP contribution in [0.3, 0.4) is 0 Å². The van der Waals surface area contributed by atoms with E-state index >= 15 is 0 Å². The molecule has 2 aromatic carbocycles. The maximum Gasteiger partial charge on any atom is 0.289 e. The molecule has 0 N–H and O–H groups in total. The van der Waals surface area contributed by atoms with Crippen LogP contribution in [-0.2, 0) is 0 Å². The largest absolute Gasteiger partial charge is 0.289 e. The van der Waals surface area contributed by atoms with E-state index in [1.54, 1.807) is 18.3 Å². The summed E-state index contributed by atoms with van der Waals surface area (Å²) in [7, 11) is 0. The maximum atomic E-state index is 12.0. The van der Waals surface area contributed by atoms with Crippen molar-refractivity contribution in [1.29, 1.82) is 0 Å². The Labute approximate surface area is 118 Å². The molecule has 1 aromatic heterocycles. The molecule has 0 fully saturated rings. The van der Waals surface area contributed by atoms with Crippen LogP contribution in [0, 0.1) is 0 Å². The molecule has 19 heavy (non-hydrogen) atoms. The molecule has 0 spiro atoms. The van der Waals surface area contributed by atoms with Crippen molar-refractivity contribution in [3.05, 3.63) is 69.5 Å². The molecular formula is C14H9ClN2OS. The number of halogens is 1. The molecule has 0 aliphatic heterocycles. The van der Waals surface area contributed by atoms with Crippen molar-refractivity contribution in [2.24, 2.45) is 5.10 Å². The second-order valence-corrected chi connectivity index (χ2v) is 5.37. The van der Waals surface area contributed by atoms with Gasteiger partial charge >= 0.3 is 0 Å². The molecule has 0 amide bonds. The fraction of sp³-hybridized carbons (Fsp3) is 0. The van der Waals surface area contributed by atoms with Crippen molar-refractivity contribution in [2.45, 2.75) is 0 Å². The van der Waals surface area contributed by atoms with Crippen molar-refractivity contribution in [3.8, 4) is 0 Å². The Kier molecular flexibility index (Phi) is 3.19. The van der Waals surface area contributed by atoms with Gasteiger partial charge < -0.3 is 0 Å². The zero-order valence-corrected chi connectivity index (χ0v) is 11.4. The number of hydrogen-bond acceptors (Lipinski definition) is 3. The van der Waals surface area contributed by atoms with E-state index in [9.17, 15) is 4.79 Å². The third-order valence-corrected chi connectivity index (χ3v) is 3.90. The summed E-state index contributed by atoms with van der Waals surface area (Å²) in [5.41, 5.74) is 0.805. The number of benzene rings is 2. The molecule has 0 aliphatic rings. The predicted molar refractivity (Wildman–Crippen MR) is 80.5 cm³/mol. The van der Waals surface area contributed by atoms with Crippen molar-refractivity contribution in [1.82, 2.24) is 4.07 Å². The van der Waals surface area contributed by atoms with E-state index in [1.807, 2.05) is 36.4 Å². The first kappa shape index (κ1) is 12.1. The van der Waals surface area contributed by atoms with E-state index in [4.69, 9.17) is 11.6 Å². The van der Waals surface area contributed by atoms with Gasteiger partial charge in [0.05, 0.1) is 16.3 Å². The van der Waals surface area contributed by atoms with Gasteiger partial charge in [0.25, 0.3) is 5.56 Å². The van der Waals surface area contributed by atoms with Crippen LogP contribution in [0.5, 0.6) is 0 Å². The van der Waals surface area contributed by atoms with Crippen molar-refractivity contribution >= 4 is 39.4 Å². The fourth-order valence-electron chi connectivity index (χ4n) is 1.70. The van der Waals surface area contributed by atoms with Crippen LogP contribution in [0.15, 0.2) is 58.4 Å². The second-order valence-electron chi connectivity index (χ2n) is 3.96. The number of hydrogen-bond donors (Lipinski definition) is 0. The summed E-state index contributed by atoms with van der Waals surface area (Å²) in [6.07, 6.45) is 1.65. The summed E-state index contributed by atoms with van der Waals surface area (Å²) < 4.78 is 2.32. The quantitative estimate of drug-likeness (QED) is 0.664. The first-order valence-corrected chi connectivity index (χ1v) is 6.80. The van der Waals surface area contributed by atoms with Gasteiger partial charge in [0, 0.05) is 5.02 Å². The first-order valence-electron chi connectivity index (χ1n) is 5.65. The van der Waals surface area contributed by atoms with Crippen molar-refractivity contribution < 1.29 is 0 Å². The van der Waals surface area contributed by atoms with Crippen molar-refractivity contribution in [3.63, 3.8) is 0 Å². The molecule has 3 rings (SSSR count). The zero-order chi connectivity index (χ0) is 13.2. The van der Waals surface area contributed by atoms with E-state index in [1.165, 1.54) is 15.6 Å². The Morgan fingerprint density at radius 1 is 1.11 bits per heavy atom. The zero-order valence-electron chi connectivity index (χ0n) is 9.79. The number of fused-ring (bicyclic) bond motifs is 1. The number of nitrogens with zero attached hydrogens (tertiary/aromatic N) is 2. The van der Waals surface area contributed by atoms with E-state index in [-0.39, 0.29) is 5.56 Å². The highest BCUT2D eigenvalue weighted by atomic mass is 35.5. The lowest BCUT2D eigenvalue weighted by atomic mass is 10.2. The van der Waals surface area contributed by atoms with Gasteiger partial charge in [0.2, 0.25) is 0 Å². The van der Waals surface area contributed by atoms with E-state index in [0.29, 0.717) is 10.4 Å². The van der Waals surface area contributed by atoms with E-state index < -0.39 is 0 Å². The molecule has 0 unspecified atom stereocenters. The number of aromatic nitrogens is 1. The van der Waals surface area contributed by atoms with Crippen LogP contribution in [-0.4, -0.2) is 10.3 Å². The molecule has 0 saturated heterocycles. The summed E-state index contributed by atoms with van der Waals surface area (Å²) in [5, 5.41) is 5.57. The molecule has 0 radical (unpaired) electrons. The Morgan fingerprint density at radius 3 is 2.58 bits per heavy atom. The molecule has 1 heterocycles. The minimum absolute atomic E-state index is 0.0918. The average Bonchev–Trinajstić information content (AvgIpc) is 2.76. The smallest absolute Gasteiger partial charge is 0.266 e. The molecule has 0 atom stereocenters. The molecule has 0 bridgehead atoms. The lowest BCUT2D eigenvalue weighted by Gasteiger charge is -1.92. The molecule has 3 aromatic rings. The fourth-order valence-corrected chi connectivity index (χ4v) is 2.69. The molecule has 3 nitrogen and oxygen atoms in total. The van der Waals surface area contributed by atoms with Gasteiger partial charge in [-0.1, -0.05) is 35.9 Å². The topological polar surface area (TPSA) is 34.4 Å². The maximum absolute atomic E-state index is 12.0. The second kappa shape index (κ2) is 4.99. The third kappa shape index (κ3) is 2.45. The average molecular weight is 289 g/mol. The third-order valence-electron chi connectivity index (χ3n) is 2.66. The van der Waals surface area contributed by atoms with Crippen LogP contribution in [0.1, 0.15) is 5.56 Å². The molecule has 0 aliphatic carbocycles. The lowest BCUT2D eigenvalue weighted by molar-refractivity contribution is 0.953. The van der Waals surface area contributed by atoms with Gasteiger partial charge in [0.15, 0.2) is 0 Å².